The average Bonchev–Trinajstić information content (AvgIpc) is 3.17. The molecule has 2 fully saturated rings. The van der Waals surface area contributed by atoms with E-state index in [1.807, 2.05) is 6.92 Å². The van der Waals surface area contributed by atoms with Gasteiger partial charge in [0, 0.05) is 26.4 Å². The van der Waals surface area contributed by atoms with Gasteiger partial charge in [-0.1, -0.05) is 0 Å². The Morgan fingerprint density at radius 3 is 2.68 bits per heavy atom. The van der Waals surface area contributed by atoms with E-state index in [1.54, 1.807) is 0 Å². The summed E-state index contributed by atoms with van der Waals surface area (Å²) in [5, 5.41) is 12.1. The third kappa shape index (κ3) is 3.25. The zero-order valence-electron chi connectivity index (χ0n) is 11.2. The van der Waals surface area contributed by atoms with E-state index < -0.39 is 11.4 Å². The molecule has 1 aliphatic carbocycles. The summed E-state index contributed by atoms with van der Waals surface area (Å²) in [6.45, 7) is 3.56. The summed E-state index contributed by atoms with van der Waals surface area (Å²) in [5.41, 5.74) is -0.871. The summed E-state index contributed by atoms with van der Waals surface area (Å²) >= 11 is 0. The van der Waals surface area contributed by atoms with Crippen LogP contribution < -0.4 is 5.32 Å². The van der Waals surface area contributed by atoms with E-state index in [4.69, 9.17) is 9.47 Å². The van der Waals surface area contributed by atoms with Crippen molar-refractivity contribution >= 4 is 11.9 Å². The van der Waals surface area contributed by atoms with Crippen molar-refractivity contribution in [1.29, 1.82) is 0 Å². The molecular formula is C13H21NO5. The number of hydrogen-bond donors (Lipinski definition) is 2. The summed E-state index contributed by atoms with van der Waals surface area (Å²) in [4.78, 5) is 23.3. The second-order valence-corrected chi connectivity index (χ2v) is 5.25. The molecule has 2 aliphatic rings. The van der Waals surface area contributed by atoms with Crippen LogP contribution in [0.5, 0.6) is 0 Å². The van der Waals surface area contributed by atoms with Crippen molar-refractivity contribution < 1.29 is 24.2 Å². The normalized spacial score (nSPS) is 28.7. The van der Waals surface area contributed by atoms with E-state index in [-0.39, 0.29) is 24.5 Å². The van der Waals surface area contributed by atoms with Gasteiger partial charge in [-0.15, -0.1) is 0 Å². The van der Waals surface area contributed by atoms with Crippen LogP contribution in [0.15, 0.2) is 0 Å². The predicted octanol–water partition coefficient (Wildman–Crippen LogP) is 0.409. The van der Waals surface area contributed by atoms with Crippen LogP contribution in [0.4, 0.5) is 0 Å². The van der Waals surface area contributed by atoms with Gasteiger partial charge >= 0.3 is 5.97 Å². The second kappa shape index (κ2) is 5.88. The Labute approximate surface area is 112 Å². The number of nitrogens with one attached hydrogen (secondary N) is 1. The zero-order chi connectivity index (χ0) is 13.9. The Morgan fingerprint density at radius 2 is 2.11 bits per heavy atom. The van der Waals surface area contributed by atoms with Crippen molar-refractivity contribution in [3.63, 3.8) is 0 Å². The maximum absolute atomic E-state index is 11.9. The van der Waals surface area contributed by atoms with Crippen molar-refractivity contribution in [2.24, 2.45) is 11.3 Å². The van der Waals surface area contributed by atoms with Crippen molar-refractivity contribution in [2.75, 3.05) is 26.4 Å². The minimum absolute atomic E-state index is 0.0143. The van der Waals surface area contributed by atoms with E-state index in [0.717, 1.165) is 6.42 Å². The van der Waals surface area contributed by atoms with Gasteiger partial charge in [-0.25, -0.2) is 0 Å². The molecule has 108 valence electrons. The second-order valence-electron chi connectivity index (χ2n) is 5.25. The number of aliphatic carboxylic acids is 1. The lowest BCUT2D eigenvalue weighted by molar-refractivity contribution is -0.154. The minimum Gasteiger partial charge on any atom is -0.481 e. The summed E-state index contributed by atoms with van der Waals surface area (Å²) in [6.07, 6.45) is 1.65. The van der Waals surface area contributed by atoms with E-state index in [2.05, 4.69) is 5.32 Å². The monoisotopic (exact) mass is 271 g/mol. The van der Waals surface area contributed by atoms with Crippen LogP contribution in [0, 0.1) is 11.3 Å². The largest absolute Gasteiger partial charge is 0.481 e. The topological polar surface area (TPSA) is 84.9 Å². The standard InChI is InChI=1S/C13H21NO5/c1-2-19-10-7-9(10)11(15)14-8-13(12(16)17)3-5-18-6-4-13/h9-10H,2-8H2,1H3,(H,14,15)(H,16,17). The van der Waals surface area contributed by atoms with Crippen LogP contribution in [-0.4, -0.2) is 49.5 Å². The lowest BCUT2D eigenvalue weighted by Gasteiger charge is -2.33. The van der Waals surface area contributed by atoms with E-state index in [9.17, 15) is 14.7 Å². The molecule has 1 saturated heterocycles. The lowest BCUT2D eigenvalue weighted by atomic mass is 9.80. The fourth-order valence-corrected chi connectivity index (χ4v) is 2.46. The minimum atomic E-state index is -0.871. The first-order chi connectivity index (χ1) is 9.09. The highest BCUT2D eigenvalue weighted by Crippen LogP contribution is 2.35. The number of hydrogen-bond acceptors (Lipinski definition) is 4. The Morgan fingerprint density at radius 1 is 1.42 bits per heavy atom. The van der Waals surface area contributed by atoms with Gasteiger partial charge in [-0.2, -0.15) is 0 Å². The first-order valence-electron chi connectivity index (χ1n) is 6.79. The molecule has 1 heterocycles. The zero-order valence-corrected chi connectivity index (χ0v) is 11.2. The molecule has 6 nitrogen and oxygen atoms in total. The van der Waals surface area contributed by atoms with Gasteiger partial charge < -0.3 is 19.9 Å². The summed E-state index contributed by atoms with van der Waals surface area (Å²) in [5.74, 6) is -1.05. The number of carbonyl (C=O) groups excluding carboxylic acids is 1. The van der Waals surface area contributed by atoms with Gasteiger partial charge in [0.25, 0.3) is 0 Å². The molecule has 0 aromatic carbocycles. The molecule has 1 amide bonds. The van der Waals surface area contributed by atoms with E-state index in [0.29, 0.717) is 32.7 Å². The number of amides is 1. The van der Waals surface area contributed by atoms with Crippen LogP contribution in [0.25, 0.3) is 0 Å². The maximum atomic E-state index is 11.9. The third-order valence-electron chi connectivity index (χ3n) is 3.95. The lowest BCUT2D eigenvalue weighted by Crippen LogP contribution is -2.47. The van der Waals surface area contributed by atoms with E-state index in [1.165, 1.54) is 0 Å². The third-order valence-corrected chi connectivity index (χ3v) is 3.95. The Kier molecular flexibility index (Phi) is 4.42. The molecule has 0 aromatic rings. The summed E-state index contributed by atoms with van der Waals surface area (Å²) in [6, 6.07) is 0. The smallest absolute Gasteiger partial charge is 0.311 e. The van der Waals surface area contributed by atoms with E-state index >= 15 is 0 Å². The van der Waals surface area contributed by atoms with Gasteiger partial charge in [0.1, 0.15) is 0 Å². The van der Waals surface area contributed by atoms with Crippen LogP contribution >= 0.6 is 0 Å². The van der Waals surface area contributed by atoms with Gasteiger partial charge in [0.2, 0.25) is 5.91 Å². The fourth-order valence-electron chi connectivity index (χ4n) is 2.46. The molecule has 1 aliphatic heterocycles. The van der Waals surface area contributed by atoms with Crippen molar-refractivity contribution in [2.45, 2.75) is 32.3 Å². The molecule has 2 unspecified atom stereocenters. The van der Waals surface area contributed by atoms with Gasteiger partial charge in [-0.3, -0.25) is 9.59 Å². The van der Waals surface area contributed by atoms with Crippen LogP contribution in [0.1, 0.15) is 26.2 Å². The highest BCUT2D eigenvalue weighted by Gasteiger charge is 2.46. The Balaban J connectivity index is 1.83. The Hall–Kier alpha value is -1.14. The van der Waals surface area contributed by atoms with Gasteiger partial charge in [0.15, 0.2) is 0 Å². The first kappa shape index (κ1) is 14.3. The first-order valence-corrected chi connectivity index (χ1v) is 6.79. The molecular weight excluding hydrogens is 250 g/mol. The number of rotatable bonds is 6. The highest BCUT2D eigenvalue weighted by molar-refractivity contribution is 5.83. The maximum Gasteiger partial charge on any atom is 0.311 e. The molecule has 6 heteroatoms. The van der Waals surface area contributed by atoms with Gasteiger partial charge in [0.05, 0.1) is 17.4 Å². The number of carboxylic acid groups (broad SMARTS) is 1. The Bertz CT molecular complexity index is 351. The molecule has 0 aromatic heterocycles. The van der Waals surface area contributed by atoms with Crippen molar-refractivity contribution in [3.8, 4) is 0 Å². The number of ether oxygens (including phenoxy) is 2. The average molecular weight is 271 g/mol. The van der Waals surface area contributed by atoms with Crippen LogP contribution in [0.3, 0.4) is 0 Å². The van der Waals surface area contributed by atoms with Crippen molar-refractivity contribution in [1.82, 2.24) is 5.32 Å². The quantitative estimate of drug-likeness (QED) is 0.731. The predicted molar refractivity (Wildman–Crippen MR) is 66.7 cm³/mol. The molecule has 2 N–H and O–H groups in total. The van der Waals surface area contributed by atoms with Crippen LogP contribution in [-0.2, 0) is 19.1 Å². The van der Waals surface area contributed by atoms with Gasteiger partial charge in [-0.05, 0) is 26.2 Å². The van der Waals surface area contributed by atoms with Crippen molar-refractivity contribution in [3.05, 3.63) is 0 Å². The molecule has 0 radical (unpaired) electrons. The summed E-state index contributed by atoms with van der Waals surface area (Å²) in [7, 11) is 0. The molecule has 0 bridgehead atoms. The van der Waals surface area contributed by atoms with Crippen LogP contribution in [0.2, 0.25) is 0 Å². The number of carbonyl (C=O) groups is 2. The highest BCUT2D eigenvalue weighted by atomic mass is 16.5. The molecule has 1 saturated carbocycles. The summed E-state index contributed by atoms with van der Waals surface area (Å²) < 4.78 is 10.5. The molecule has 0 spiro atoms. The SMILES string of the molecule is CCOC1CC1C(=O)NCC1(C(=O)O)CCOCC1. The molecule has 2 rings (SSSR count). The fraction of sp³-hybridized carbons (Fsp3) is 0.846. The number of carboxylic acids is 1. The molecule has 19 heavy (non-hydrogen) atoms. The molecule has 2 atom stereocenters.